The second kappa shape index (κ2) is 6.23. The molecule has 1 aromatic rings. The minimum atomic E-state index is -0.820. The summed E-state index contributed by atoms with van der Waals surface area (Å²) in [6.07, 6.45) is 0. The van der Waals surface area contributed by atoms with E-state index in [4.69, 9.17) is 0 Å². The molecular weight excluding hydrogens is 276 g/mol. The van der Waals surface area contributed by atoms with E-state index in [0.29, 0.717) is 25.5 Å². The number of hydrogen-bond donors (Lipinski definition) is 2. The first kappa shape index (κ1) is 15.5. The van der Waals surface area contributed by atoms with Crippen LogP contribution in [0.4, 0.5) is 0 Å². The number of fused-ring (bicyclic) bond motifs is 1. The Morgan fingerprint density at radius 3 is 2.81 bits per heavy atom. The Morgan fingerprint density at radius 2 is 2.24 bits per heavy atom. The molecule has 8 heteroatoms. The molecule has 1 aliphatic rings. The van der Waals surface area contributed by atoms with Gasteiger partial charge in [-0.25, -0.2) is 9.78 Å². The summed E-state index contributed by atoms with van der Waals surface area (Å²) in [5.41, 5.74) is -0.947. The van der Waals surface area contributed by atoms with Crippen LogP contribution in [0.1, 0.15) is 29.3 Å². The summed E-state index contributed by atoms with van der Waals surface area (Å²) in [6.45, 7) is 4.65. The summed E-state index contributed by atoms with van der Waals surface area (Å²) < 4.78 is 5.98. The number of likely N-dealkylation sites (N-methyl/N-ethyl adjacent to an activating group) is 2. The maximum absolute atomic E-state index is 12.3. The molecule has 2 rings (SSSR count). The Hall–Kier alpha value is -1.93. The van der Waals surface area contributed by atoms with Crippen molar-refractivity contribution in [1.29, 1.82) is 0 Å². The summed E-state index contributed by atoms with van der Waals surface area (Å²) in [7, 11) is 2.95. The van der Waals surface area contributed by atoms with Crippen LogP contribution in [0.5, 0.6) is 5.75 Å². The highest BCUT2D eigenvalue weighted by molar-refractivity contribution is 5.89. The van der Waals surface area contributed by atoms with Crippen molar-refractivity contribution in [2.75, 3.05) is 33.8 Å². The van der Waals surface area contributed by atoms with Crippen molar-refractivity contribution in [3.05, 3.63) is 21.9 Å². The number of ether oxygens (including phenoxy) is 1. The normalized spacial score (nSPS) is 18.9. The number of aromatic hydroxyl groups is 1. The molecule has 0 spiro atoms. The van der Waals surface area contributed by atoms with Crippen LogP contribution in [-0.4, -0.2) is 59.3 Å². The maximum atomic E-state index is 12.3. The van der Waals surface area contributed by atoms with Gasteiger partial charge in [-0.2, -0.15) is 0 Å². The van der Waals surface area contributed by atoms with Crippen LogP contribution < -0.4 is 10.9 Å². The predicted octanol–water partition coefficient (Wildman–Crippen LogP) is -0.668. The Kier molecular flexibility index (Phi) is 4.59. The monoisotopic (exact) mass is 296 g/mol. The standard InChI is InChI=1S/C13H20N4O4/c1-4-16-5-6-17-11(8(7-16)14-2)15-9(13(20)21-3)10(18)12(17)19/h8,14,18H,4-7H2,1-3H3. The lowest BCUT2D eigenvalue weighted by Gasteiger charge is -2.21. The van der Waals surface area contributed by atoms with Crippen LogP contribution in [-0.2, 0) is 11.3 Å². The van der Waals surface area contributed by atoms with Gasteiger partial charge in [-0.15, -0.1) is 0 Å². The molecule has 21 heavy (non-hydrogen) atoms. The third kappa shape index (κ3) is 2.77. The van der Waals surface area contributed by atoms with E-state index in [1.807, 2.05) is 6.92 Å². The van der Waals surface area contributed by atoms with Crippen molar-refractivity contribution in [1.82, 2.24) is 19.8 Å². The van der Waals surface area contributed by atoms with Crippen LogP contribution in [0, 0.1) is 0 Å². The Balaban J connectivity index is 2.59. The summed E-state index contributed by atoms with van der Waals surface area (Å²) in [5, 5.41) is 13.0. The van der Waals surface area contributed by atoms with Gasteiger partial charge in [-0.1, -0.05) is 6.92 Å². The fraction of sp³-hybridized carbons (Fsp3) is 0.615. The number of hydrogen-bond acceptors (Lipinski definition) is 7. The van der Waals surface area contributed by atoms with Gasteiger partial charge in [0.05, 0.1) is 13.2 Å². The van der Waals surface area contributed by atoms with Crippen LogP contribution in [0.15, 0.2) is 4.79 Å². The predicted molar refractivity (Wildman–Crippen MR) is 75.4 cm³/mol. The summed E-state index contributed by atoms with van der Waals surface area (Å²) in [4.78, 5) is 30.3. The first-order valence-electron chi connectivity index (χ1n) is 6.85. The van der Waals surface area contributed by atoms with Crippen molar-refractivity contribution in [2.24, 2.45) is 0 Å². The SMILES string of the molecule is CCN1CCn2c(nc(C(=O)OC)c(O)c2=O)C(NC)C1. The average molecular weight is 296 g/mol. The van der Waals surface area contributed by atoms with Gasteiger partial charge in [0.15, 0.2) is 5.69 Å². The molecule has 0 aliphatic carbocycles. The van der Waals surface area contributed by atoms with E-state index in [1.165, 1.54) is 11.7 Å². The van der Waals surface area contributed by atoms with Crippen LogP contribution in [0.2, 0.25) is 0 Å². The number of carbonyl (C=O) groups is 1. The number of methoxy groups -OCH3 is 1. The van der Waals surface area contributed by atoms with Crippen molar-refractivity contribution < 1.29 is 14.6 Å². The summed E-state index contributed by atoms with van der Waals surface area (Å²) in [5.74, 6) is -1.04. The highest BCUT2D eigenvalue weighted by Gasteiger charge is 2.28. The lowest BCUT2D eigenvalue weighted by Crippen LogP contribution is -2.34. The van der Waals surface area contributed by atoms with Gasteiger partial charge in [0.1, 0.15) is 5.82 Å². The molecule has 1 aromatic heterocycles. The van der Waals surface area contributed by atoms with Crippen molar-refractivity contribution in [3.63, 3.8) is 0 Å². The maximum Gasteiger partial charge on any atom is 0.360 e. The molecule has 116 valence electrons. The Bertz CT molecular complexity index is 599. The summed E-state index contributed by atoms with van der Waals surface area (Å²) in [6, 6.07) is -0.204. The minimum absolute atomic E-state index is 0.204. The van der Waals surface area contributed by atoms with E-state index in [0.717, 1.165) is 6.54 Å². The zero-order valence-corrected chi connectivity index (χ0v) is 12.4. The molecule has 1 unspecified atom stereocenters. The second-order valence-corrected chi connectivity index (χ2v) is 4.85. The molecule has 1 atom stereocenters. The zero-order chi connectivity index (χ0) is 15.6. The third-order valence-corrected chi connectivity index (χ3v) is 3.74. The molecule has 1 aliphatic heterocycles. The molecule has 0 radical (unpaired) electrons. The van der Waals surface area contributed by atoms with Gasteiger partial charge < -0.3 is 15.2 Å². The Morgan fingerprint density at radius 1 is 1.52 bits per heavy atom. The lowest BCUT2D eigenvalue weighted by atomic mass is 10.2. The first-order valence-corrected chi connectivity index (χ1v) is 6.85. The van der Waals surface area contributed by atoms with Crippen molar-refractivity contribution in [3.8, 4) is 5.75 Å². The third-order valence-electron chi connectivity index (χ3n) is 3.74. The fourth-order valence-corrected chi connectivity index (χ4v) is 2.46. The van der Waals surface area contributed by atoms with E-state index in [-0.39, 0.29) is 11.7 Å². The quantitative estimate of drug-likeness (QED) is 0.714. The molecule has 2 N–H and O–H groups in total. The number of rotatable bonds is 3. The summed E-state index contributed by atoms with van der Waals surface area (Å²) >= 11 is 0. The van der Waals surface area contributed by atoms with Gasteiger partial charge in [-0.3, -0.25) is 14.3 Å². The van der Waals surface area contributed by atoms with Gasteiger partial charge in [-0.05, 0) is 13.6 Å². The van der Waals surface area contributed by atoms with Crippen molar-refractivity contribution in [2.45, 2.75) is 19.5 Å². The number of aromatic nitrogens is 2. The first-order chi connectivity index (χ1) is 10.0. The smallest absolute Gasteiger partial charge is 0.360 e. The average Bonchev–Trinajstić information content (AvgIpc) is 2.69. The number of esters is 1. The molecule has 8 nitrogen and oxygen atoms in total. The van der Waals surface area contributed by atoms with Crippen LogP contribution in [0.3, 0.4) is 0 Å². The van der Waals surface area contributed by atoms with E-state index < -0.39 is 17.3 Å². The lowest BCUT2D eigenvalue weighted by molar-refractivity contribution is 0.0588. The molecule has 0 amide bonds. The van der Waals surface area contributed by atoms with E-state index in [2.05, 4.69) is 19.9 Å². The molecule has 0 saturated carbocycles. The van der Waals surface area contributed by atoms with E-state index >= 15 is 0 Å². The fourth-order valence-electron chi connectivity index (χ4n) is 2.46. The highest BCUT2D eigenvalue weighted by Crippen LogP contribution is 2.19. The van der Waals surface area contributed by atoms with Crippen LogP contribution in [0.25, 0.3) is 0 Å². The molecule has 0 bridgehead atoms. The topological polar surface area (TPSA) is 96.7 Å². The van der Waals surface area contributed by atoms with Crippen LogP contribution >= 0.6 is 0 Å². The largest absolute Gasteiger partial charge is 0.501 e. The number of nitrogens with one attached hydrogen (secondary N) is 1. The Labute approximate surface area is 122 Å². The van der Waals surface area contributed by atoms with E-state index in [1.54, 1.807) is 7.05 Å². The van der Waals surface area contributed by atoms with Gasteiger partial charge in [0.25, 0.3) is 5.56 Å². The van der Waals surface area contributed by atoms with E-state index in [9.17, 15) is 14.7 Å². The van der Waals surface area contributed by atoms with Gasteiger partial charge in [0, 0.05) is 19.6 Å². The number of carbonyl (C=O) groups excluding carboxylic acids is 1. The highest BCUT2D eigenvalue weighted by atomic mass is 16.5. The van der Waals surface area contributed by atoms with Gasteiger partial charge >= 0.3 is 5.97 Å². The van der Waals surface area contributed by atoms with Gasteiger partial charge in [0.2, 0.25) is 5.75 Å². The molecule has 0 saturated heterocycles. The molecule has 0 fully saturated rings. The van der Waals surface area contributed by atoms with Crippen molar-refractivity contribution >= 4 is 5.97 Å². The molecular formula is C13H20N4O4. The minimum Gasteiger partial charge on any atom is -0.501 e. The second-order valence-electron chi connectivity index (χ2n) is 4.85. The molecule has 0 aromatic carbocycles. The molecule has 2 heterocycles. The zero-order valence-electron chi connectivity index (χ0n) is 12.4. The number of nitrogens with zero attached hydrogens (tertiary/aromatic N) is 3.